The summed E-state index contributed by atoms with van der Waals surface area (Å²) in [5, 5.41) is 33.4. The Morgan fingerprint density at radius 2 is 1.03 bits per heavy atom. The minimum absolute atomic E-state index is 0. The number of nitrogens with two attached hydrogens (primary N) is 1. The van der Waals surface area contributed by atoms with Gasteiger partial charge in [0.05, 0.1) is 22.2 Å². The summed E-state index contributed by atoms with van der Waals surface area (Å²) in [7, 11) is 0. The molecule has 8 aromatic rings. The molecule has 0 spiro atoms. The first-order valence-electron chi connectivity index (χ1n) is 16.5. The maximum atomic E-state index is 12.6. The molecule has 0 saturated heterocycles. The molecular formula is C39H32F4N10O5. The number of benzene rings is 4. The first kappa shape index (κ1) is 41.2. The summed E-state index contributed by atoms with van der Waals surface area (Å²) in [6.45, 7) is -5.59. The third-order valence-electron chi connectivity index (χ3n) is 8.06. The third-order valence-corrected chi connectivity index (χ3v) is 8.06. The van der Waals surface area contributed by atoms with Crippen molar-refractivity contribution in [2.24, 2.45) is 0 Å². The van der Waals surface area contributed by atoms with Crippen LogP contribution in [0.3, 0.4) is 0 Å². The van der Waals surface area contributed by atoms with Crippen molar-refractivity contribution in [1.29, 1.82) is 0 Å². The molecule has 0 atom stereocenters. The van der Waals surface area contributed by atoms with Crippen molar-refractivity contribution in [3.05, 3.63) is 154 Å². The van der Waals surface area contributed by atoms with E-state index < -0.39 is 25.0 Å². The molecule has 296 valence electrons. The Bertz CT molecular complexity index is 2800. The lowest BCUT2D eigenvalue weighted by Gasteiger charge is -2.07. The van der Waals surface area contributed by atoms with Crippen molar-refractivity contribution in [3.8, 4) is 22.5 Å². The Morgan fingerprint density at radius 3 is 1.45 bits per heavy atom. The largest absolute Gasteiger partial charge is 0.476 e. The zero-order chi connectivity index (χ0) is 40.6. The molecule has 0 unspecified atom stereocenters. The molecule has 6 N–H and O–H groups in total. The van der Waals surface area contributed by atoms with E-state index in [1.807, 2.05) is 54.6 Å². The third kappa shape index (κ3) is 9.45. The molecule has 0 aliphatic rings. The van der Waals surface area contributed by atoms with Gasteiger partial charge in [0.1, 0.15) is 0 Å². The van der Waals surface area contributed by atoms with Crippen LogP contribution < -0.4 is 22.2 Å². The van der Waals surface area contributed by atoms with Gasteiger partial charge in [0.2, 0.25) is 0 Å². The highest BCUT2D eigenvalue weighted by Crippen LogP contribution is 2.26. The summed E-state index contributed by atoms with van der Waals surface area (Å²) in [6.07, 6.45) is 1.95. The van der Waals surface area contributed by atoms with Crippen LogP contribution in [0.25, 0.3) is 44.1 Å². The van der Waals surface area contributed by atoms with Gasteiger partial charge in [-0.25, -0.2) is 24.4 Å². The first-order chi connectivity index (χ1) is 27.4. The number of carboxylic acids is 1. The molecular weight excluding hydrogens is 764 g/mol. The second-order valence-corrected chi connectivity index (χ2v) is 11.8. The van der Waals surface area contributed by atoms with E-state index >= 15 is 0 Å². The topological polar surface area (TPSA) is 220 Å². The van der Waals surface area contributed by atoms with Crippen LogP contribution in [0.15, 0.2) is 131 Å². The highest BCUT2D eigenvalue weighted by Gasteiger charge is 2.15. The lowest BCUT2D eigenvalue weighted by molar-refractivity contribution is 0.0542. The number of aromatic amines is 2. The Balaban J connectivity index is 0.000000183. The summed E-state index contributed by atoms with van der Waals surface area (Å²) < 4.78 is 49.3. The fraction of sp³-hybridized carbons (Fsp3) is 0.0769. The number of alkyl halides is 4. The van der Waals surface area contributed by atoms with E-state index in [1.165, 1.54) is 6.07 Å². The number of H-pyrrole nitrogens is 2. The molecule has 0 saturated carbocycles. The number of nitrogen functional groups attached to an aromatic ring is 1. The summed E-state index contributed by atoms with van der Waals surface area (Å²) in [6, 6.07) is 30.9. The quantitative estimate of drug-likeness (QED) is 0.0805. The molecule has 0 radical (unpaired) electrons. The zero-order valence-corrected chi connectivity index (χ0v) is 29.1. The van der Waals surface area contributed by atoms with Crippen molar-refractivity contribution in [1.82, 2.24) is 40.0 Å². The summed E-state index contributed by atoms with van der Waals surface area (Å²) >= 11 is 0. The van der Waals surface area contributed by atoms with E-state index in [-0.39, 0.29) is 34.6 Å². The van der Waals surface area contributed by atoms with Crippen molar-refractivity contribution in [3.63, 3.8) is 0 Å². The number of rotatable bonds is 7. The summed E-state index contributed by atoms with van der Waals surface area (Å²) in [5.41, 5.74) is 8.91. The summed E-state index contributed by atoms with van der Waals surface area (Å²) in [5.74, 6) is -1.91. The van der Waals surface area contributed by atoms with E-state index in [4.69, 9.17) is 10.8 Å². The highest BCUT2D eigenvalue weighted by atomic mass is 19.3. The zero-order valence-electron chi connectivity index (χ0n) is 29.1. The molecule has 4 aromatic carbocycles. The predicted octanol–water partition coefficient (Wildman–Crippen LogP) is 7.22. The number of carboxylic acid groups (broad SMARTS) is 1. The lowest BCUT2D eigenvalue weighted by atomic mass is 10.0. The average Bonchev–Trinajstić information content (AvgIpc) is 3.93. The molecule has 0 fully saturated rings. The normalized spacial score (nSPS) is 10.7. The van der Waals surface area contributed by atoms with Gasteiger partial charge in [0, 0.05) is 45.7 Å². The number of carbonyl (C=O) groups excluding carboxylic acids is 1. The number of amides is 1. The number of nitrogens with zero attached hydrogens (tertiary/aromatic N) is 6. The standard InChI is InChI=1S/C19H13F2N5O2.C14H11N3O.C5H4F2N2O2.CH4/c20-19(21)26-10-9-15(25-26)18(28)22-12-7-5-11(6-8-12)16-13-3-1-2-4-14(13)17(27)24-23-16;15-10-7-5-9(6-8-10)13-11-3-1-2-4-12(11)14(18)17-16-13;6-5(7)9-2-1-3(8-9)4(10)11;/h1-10,19H,(H,22,28)(H,24,27);1-8H,15H2,(H,17,18);1-2,5H,(H,10,11);1H4. The van der Waals surface area contributed by atoms with E-state index in [9.17, 15) is 36.7 Å². The second-order valence-electron chi connectivity index (χ2n) is 11.8. The molecule has 19 heteroatoms. The van der Waals surface area contributed by atoms with Gasteiger partial charge in [-0.05, 0) is 48.5 Å². The number of aromatic nitrogens is 8. The van der Waals surface area contributed by atoms with Crippen LogP contribution in [0.2, 0.25) is 0 Å². The number of fused-ring (bicyclic) bond motifs is 2. The SMILES string of the molecule is C.Nc1ccc(-c2n[nH]c(=O)c3ccccc23)cc1.O=C(Nc1ccc(-c2n[nH]c(=O)c3ccccc23)cc1)c1ccn(C(F)F)n1.O=C(O)c1ccn(C(F)F)n1. The fourth-order valence-corrected chi connectivity index (χ4v) is 5.35. The first-order valence-corrected chi connectivity index (χ1v) is 16.5. The molecule has 1 amide bonds. The Kier molecular flexibility index (Phi) is 12.9. The van der Waals surface area contributed by atoms with Gasteiger partial charge in [-0.15, -0.1) is 0 Å². The molecule has 0 aliphatic carbocycles. The predicted molar refractivity (Wildman–Crippen MR) is 209 cm³/mol. The number of hydrogen-bond acceptors (Lipinski definition) is 9. The number of nitrogens with one attached hydrogen (secondary N) is 3. The Hall–Kier alpha value is -7.96. The number of aromatic carboxylic acids is 1. The van der Waals surface area contributed by atoms with Gasteiger partial charge in [-0.1, -0.05) is 68.1 Å². The number of hydrogen-bond donors (Lipinski definition) is 5. The van der Waals surface area contributed by atoms with E-state index in [1.54, 1.807) is 42.5 Å². The molecule has 4 heterocycles. The van der Waals surface area contributed by atoms with Gasteiger partial charge in [0.25, 0.3) is 17.0 Å². The van der Waals surface area contributed by atoms with E-state index in [0.717, 1.165) is 40.7 Å². The maximum absolute atomic E-state index is 12.6. The molecule has 8 rings (SSSR count). The molecule has 58 heavy (non-hydrogen) atoms. The van der Waals surface area contributed by atoms with Gasteiger partial charge in [-0.3, -0.25) is 14.4 Å². The smallest absolute Gasteiger partial charge is 0.356 e. The van der Waals surface area contributed by atoms with Crippen molar-refractivity contribution in [2.75, 3.05) is 11.1 Å². The minimum Gasteiger partial charge on any atom is -0.476 e. The average molecular weight is 797 g/mol. The van der Waals surface area contributed by atoms with Crippen LogP contribution in [0.1, 0.15) is 41.5 Å². The van der Waals surface area contributed by atoms with Crippen LogP contribution in [0.4, 0.5) is 28.9 Å². The number of halogens is 4. The van der Waals surface area contributed by atoms with Crippen molar-refractivity contribution >= 4 is 44.8 Å². The fourth-order valence-electron chi connectivity index (χ4n) is 5.35. The van der Waals surface area contributed by atoms with Crippen molar-refractivity contribution < 1.29 is 32.3 Å². The minimum atomic E-state index is -2.81. The summed E-state index contributed by atoms with van der Waals surface area (Å²) in [4.78, 5) is 45.8. The monoisotopic (exact) mass is 796 g/mol. The van der Waals surface area contributed by atoms with Crippen LogP contribution >= 0.6 is 0 Å². The second kappa shape index (κ2) is 18.1. The van der Waals surface area contributed by atoms with Crippen molar-refractivity contribution in [2.45, 2.75) is 20.5 Å². The van der Waals surface area contributed by atoms with E-state index in [2.05, 4.69) is 35.9 Å². The number of carbonyl (C=O) groups is 2. The van der Waals surface area contributed by atoms with E-state index in [0.29, 0.717) is 37.9 Å². The van der Waals surface area contributed by atoms with Gasteiger partial charge < -0.3 is 16.2 Å². The lowest BCUT2D eigenvalue weighted by Crippen LogP contribution is -2.13. The van der Waals surface area contributed by atoms with Crippen LogP contribution in [0.5, 0.6) is 0 Å². The molecule has 4 aromatic heterocycles. The van der Waals surface area contributed by atoms with Crippen LogP contribution in [0, 0.1) is 0 Å². The Morgan fingerprint density at radius 1 is 0.621 bits per heavy atom. The molecule has 15 nitrogen and oxygen atoms in total. The van der Waals surface area contributed by atoms with Gasteiger partial charge >= 0.3 is 19.1 Å². The highest BCUT2D eigenvalue weighted by molar-refractivity contribution is 6.03. The number of anilines is 2. The Labute approximate surface area is 324 Å². The van der Waals surface area contributed by atoms with Crippen LogP contribution in [-0.4, -0.2) is 56.9 Å². The molecule has 0 aliphatic heterocycles. The van der Waals surface area contributed by atoms with Crippen LogP contribution in [-0.2, 0) is 0 Å². The molecule has 0 bridgehead atoms. The maximum Gasteiger partial charge on any atom is 0.356 e. The van der Waals surface area contributed by atoms with Gasteiger partial charge in [-0.2, -0.15) is 38.0 Å². The van der Waals surface area contributed by atoms with Gasteiger partial charge in [0.15, 0.2) is 11.4 Å².